The maximum absolute atomic E-state index is 13.3. The molecule has 2 heterocycles. The number of rotatable bonds is 3. The minimum atomic E-state index is -0.0172. The van der Waals surface area contributed by atoms with E-state index in [2.05, 4.69) is 11.4 Å². The monoisotopic (exact) mass is 398 g/mol. The topological polar surface area (TPSA) is 50.8 Å². The number of hydrogen-bond acceptors (Lipinski definition) is 4. The van der Waals surface area contributed by atoms with Gasteiger partial charge in [0.15, 0.2) is 11.5 Å². The van der Waals surface area contributed by atoms with Crippen molar-refractivity contribution in [3.05, 3.63) is 58.6 Å². The lowest BCUT2D eigenvalue weighted by atomic mass is 10.0. The summed E-state index contributed by atoms with van der Waals surface area (Å²) in [6, 6.07) is 13.9. The zero-order valence-corrected chi connectivity index (χ0v) is 16.3. The molecule has 2 aliphatic heterocycles. The summed E-state index contributed by atoms with van der Waals surface area (Å²) in [4.78, 5) is 15.3. The zero-order chi connectivity index (χ0) is 19.1. The number of hydrogen-bond donors (Lipinski definition) is 1. The Morgan fingerprint density at radius 3 is 2.79 bits per heavy atom. The number of nitrogens with zero attached hydrogens (tertiary/aromatic N) is 1. The van der Waals surface area contributed by atoms with Gasteiger partial charge in [-0.25, -0.2) is 0 Å². The van der Waals surface area contributed by atoms with Crippen molar-refractivity contribution in [2.24, 2.45) is 5.92 Å². The molecule has 1 saturated heterocycles. The second kappa shape index (κ2) is 7.30. The van der Waals surface area contributed by atoms with E-state index in [1.165, 1.54) is 0 Å². The first-order chi connectivity index (χ1) is 13.7. The molecular weight excluding hydrogens is 376 g/mol. The van der Waals surface area contributed by atoms with Crippen LogP contribution in [-0.2, 0) is 4.79 Å². The molecule has 3 aliphatic rings. The Morgan fingerprint density at radius 1 is 1.11 bits per heavy atom. The van der Waals surface area contributed by atoms with Crippen LogP contribution in [0.4, 0.5) is 0 Å². The molecule has 0 spiro atoms. The fourth-order valence-corrected chi connectivity index (χ4v) is 4.59. The van der Waals surface area contributed by atoms with Crippen LogP contribution in [0, 0.1) is 5.92 Å². The molecule has 1 aliphatic carbocycles. The highest BCUT2D eigenvalue weighted by molar-refractivity contribution is 6.31. The van der Waals surface area contributed by atoms with Crippen LogP contribution in [0.15, 0.2) is 42.5 Å². The van der Waals surface area contributed by atoms with Crippen LogP contribution in [0.1, 0.15) is 29.5 Å². The largest absolute Gasteiger partial charge is 0.486 e. The maximum Gasteiger partial charge on any atom is 0.226 e. The Kier molecular flexibility index (Phi) is 4.65. The number of halogens is 1. The van der Waals surface area contributed by atoms with Crippen LogP contribution >= 0.6 is 11.6 Å². The number of amides is 1. The van der Waals surface area contributed by atoms with Gasteiger partial charge in [-0.15, -0.1) is 0 Å². The van der Waals surface area contributed by atoms with Gasteiger partial charge in [0, 0.05) is 30.6 Å². The van der Waals surface area contributed by atoms with E-state index >= 15 is 0 Å². The molecule has 2 aromatic carbocycles. The molecule has 0 radical (unpaired) electrons. The predicted molar refractivity (Wildman–Crippen MR) is 107 cm³/mol. The molecule has 2 fully saturated rings. The molecule has 0 aromatic heterocycles. The van der Waals surface area contributed by atoms with Crippen molar-refractivity contribution in [2.75, 3.05) is 32.8 Å². The molecule has 5 rings (SSSR count). The van der Waals surface area contributed by atoms with E-state index < -0.39 is 0 Å². The highest BCUT2D eigenvalue weighted by atomic mass is 35.5. The third-order valence-corrected chi connectivity index (χ3v) is 6.24. The van der Waals surface area contributed by atoms with E-state index in [-0.39, 0.29) is 23.8 Å². The SMILES string of the molecule is O=C(C1CC1c1ccc2c(c1)OCCO2)N1CCNCC1c1ccccc1Cl. The fraction of sp³-hybridized carbons (Fsp3) is 0.409. The molecule has 3 unspecified atom stereocenters. The van der Waals surface area contributed by atoms with Crippen molar-refractivity contribution in [1.82, 2.24) is 10.2 Å². The first kappa shape index (κ1) is 17.8. The molecule has 2 aromatic rings. The summed E-state index contributed by atoms with van der Waals surface area (Å²) < 4.78 is 11.3. The van der Waals surface area contributed by atoms with Crippen molar-refractivity contribution in [3.63, 3.8) is 0 Å². The van der Waals surface area contributed by atoms with Crippen molar-refractivity contribution < 1.29 is 14.3 Å². The number of fused-ring (bicyclic) bond motifs is 1. The summed E-state index contributed by atoms with van der Waals surface area (Å²) in [5.74, 6) is 2.10. The quantitative estimate of drug-likeness (QED) is 0.861. The Morgan fingerprint density at radius 2 is 1.93 bits per heavy atom. The van der Waals surface area contributed by atoms with Gasteiger partial charge in [-0.2, -0.15) is 0 Å². The molecule has 6 heteroatoms. The normalized spacial score (nSPS) is 26.0. The average Bonchev–Trinajstić information content (AvgIpc) is 3.54. The number of ether oxygens (including phenoxy) is 2. The molecule has 0 bridgehead atoms. The molecule has 3 atom stereocenters. The second-order valence-electron chi connectivity index (χ2n) is 7.62. The van der Waals surface area contributed by atoms with E-state index in [9.17, 15) is 4.79 Å². The first-order valence-electron chi connectivity index (χ1n) is 9.87. The smallest absolute Gasteiger partial charge is 0.226 e. The molecular formula is C22H23ClN2O3. The van der Waals surface area contributed by atoms with Crippen molar-refractivity contribution in [3.8, 4) is 11.5 Å². The van der Waals surface area contributed by atoms with Gasteiger partial charge in [0.05, 0.1) is 6.04 Å². The fourth-order valence-electron chi connectivity index (χ4n) is 4.33. The summed E-state index contributed by atoms with van der Waals surface area (Å²) in [5.41, 5.74) is 2.17. The highest BCUT2D eigenvalue weighted by Crippen LogP contribution is 2.51. The van der Waals surface area contributed by atoms with Crippen molar-refractivity contribution >= 4 is 17.5 Å². The Bertz CT molecular complexity index is 903. The van der Waals surface area contributed by atoms with Gasteiger partial charge >= 0.3 is 0 Å². The number of benzene rings is 2. The van der Waals surface area contributed by atoms with E-state index in [0.29, 0.717) is 24.8 Å². The molecule has 5 nitrogen and oxygen atoms in total. The van der Waals surface area contributed by atoms with Crippen molar-refractivity contribution in [1.29, 1.82) is 0 Å². The Balaban J connectivity index is 1.34. The minimum absolute atomic E-state index is 0.0172. The number of carbonyl (C=O) groups is 1. The predicted octanol–water partition coefficient (Wildman–Crippen LogP) is 3.39. The van der Waals surface area contributed by atoms with E-state index in [1.807, 2.05) is 41.3 Å². The standard InChI is InChI=1S/C22H23ClN2O3/c23-18-4-2-1-3-15(18)19-13-24-7-8-25(19)22(26)17-12-16(17)14-5-6-20-21(11-14)28-10-9-27-20/h1-6,11,16-17,19,24H,7-10,12-13H2. The summed E-state index contributed by atoms with van der Waals surface area (Å²) >= 11 is 6.42. The summed E-state index contributed by atoms with van der Waals surface area (Å²) in [6.07, 6.45) is 0.887. The average molecular weight is 399 g/mol. The second-order valence-corrected chi connectivity index (χ2v) is 8.03. The van der Waals surface area contributed by atoms with Crippen LogP contribution in [-0.4, -0.2) is 43.7 Å². The molecule has 1 N–H and O–H groups in total. The van der Waals surface area contributed by atoms with Crippen LogP contribution < -0.4 is 14.8 Å². The lowest BCUT2D eigenvalue weighted by molar-refractivity contribution is -0.136. The van der Waals surface area contributed by atoms with Crippen LogP contribution in [0.25, 0.3) is 0 Å². The van der Waals surface area contributed by atoms with Gasteiger partial charge in [0.2, 0.25) is 5.91 Å². The summed E-state index contributed by atoms with van der Waals surface area (Å²) in [7, 11) is 0. The Hall–Kier alpha value is -2.24. The van der Waals surface area contributed by atoms with E-state index in [1.54, 1.807) is 0 Å². The highest BCUT2D eigenvalue weighted by Gasteiger charge is 2.47. The lowest BCUT2D eigenvalue weighted by Crippen LogP contribution is -2.49. The van der Waals surface area contributed by atoms with Gasteiger partial charge in [-0.05, 0) is 41.7 Å². The van der Waals surface area contributed by atoms with Gasteiger partial charge in [-0.3, -0.25) is 4.79 Å². The molecule has 146 valence electrons. The third-order valence-electron chi connectivity index (χ3n) is 5.89. The van der Waals surface area contributed by atoms with Crippen LogP contribution in [0.2, 0.25) is 5.02 Å². The van der Waals surface area contributed by atoms with Crippen LogP contribution in [0.5, 0.6) is 11.5 Å². The number of piperazine rings is 1. The van der Waals surface area contributed by atoms with Gasteiger partial charge in [0.1, 0.15) is 13.2 Å². The minimum Gasteiger partial charge on any atom is -0.486 e. The molecule has 28 heavy (non-hydrogen) atoms. The third kappa shape index (κ3) is 3.23. The van der Waals surface area contributed by atoms with Crippen molar-refractivity contribution in [2.45, 2.75) is 18.4 Å². The summed E-state index contributed by atoms with van der Waals surface area (Å²) in [6.45, 7) is 3.41. The van der Waals surface area contributed by atoms with Gasteiger partial charge in [0.25, 0.3) is 0 Å². The van der Waals surface area contributed by atoms with Gasteiger partial charge < -0.3 is 19.7 Å². The van der Waals surface area contributed by atoms with E-state index in [4.69, 9.17) is 21.1 Å². The maximum atomic E-state index is 13.3. The number of carbonyl (C=O) groups excluding carboxylic acids is 1. The summed E-state index contributed by atoms with van der Waals surface area (Å²) in [5, 5.41) is 4.11. The first-order valence-corrected chi connectivity index (χ1v) is 10.3. The van der Waals surface area contributed by atoms with E-state index in [0.717, 1.165) is 42.1 Å². The lowest BCUT2D eigenvalue weighted by Gasteiger charge is -2.37. The van der Waals surface area contributed by atoms with Gasteiger partial charge in [-0.1, -0.05) is 35.9 Å². The zero-order valence-electron chi connectivity index (χ0n) is 15.6. The van der Waals surface area contributed by atoms with Crippen LogP contribution in [0.3, 0.4) is 0 Å². The Labute approximate surface area is 169 Å². The number of nitrogens with one attached hydrogen (secondary N) is 1. The molecule has 1 saturated carbocycles. The molecule has 1 amide bonds.